The second-order valence-electron chi connectivity index (χ2n) is 3.64. The summed E-state index contributed by atoms with van der Waals surface area (Å²) in [6, 6.07) is 3.60. The van der Waals surface area contributed by atoms with Gasteiger partial charge in [-0.25, -0.2) is 0 Å². The lowest BCUT2D eigenvalue weighted by atomic mass is 10.3. The van der Waals surface area contributed by atoms with Crippen molar-refractivity contribution in [2.24, 2.45) is 0 Å². The van der Waals surface area contributed by atoms with E-state index in [9.17, 15) is 9.90 Å². The summed E-state index contributed by atoms with van der Waals surface area (Å²) < 4.78 is 10.00. The van der Waals surface area contributed by atoms with Crippen LogP contribution in [0.2, 0.25) is 0 Å². The number of ether oxygens (including phenoxy) is 1. The third kappa shape index (κ3) is 5.33. The Labute approximate surface area is 100 Å². The zero-order valence-corrected chi connectivity index (χ0v) is 9.97. The first-order valence-electron chi connectivity index (χ1n) is 5.31. The molecule has 0 fully saturated rings. The van der Waals surface area contributed by atoms with Gasteiger partial charge in [-0.15, -0.1) is 0 Å². The van der Waals surface area contributed by atoms with Gasteiger partial charge in [0.2, 0.25) is 5.91 Å². The van der Waals surface area contributed by atoms with Crippen molar-refractivity contribution in [2.75, 3.05) is 20.3 Å². The predicted octanol–water partition coefficient (Wildman–Crippen LogP) is 0.725. The van der Waals surface area contributed by atoms with Crippen molar-refractivity contribution in [3.63, 3.8) is 0 Å². The molecule has 1 rings (SSSR count). The number of carbonyl (C=O) groups is 1. The van der Waals surface area contributed by atoms with E-state index in [1.807, 2.05) is 13.0 Å². The maximum atomic E-state index is 11.3. The van der Waals surface area contributed by atoms with Crippen molar-refractivity contribution in [1.29, 1.82) is 0 Å². The SMILES string of the molecule is COCC(O)CNC(=O)/C=C/c1ccc(C)o1. The molecule has 0 saturated heterocycles. The summed E-state index contributed by atoms with van der Waals surface area (Å²) in [6.07, 6.45) is 2.24. The minimum absolute atomic E-state index is 0.161. The second-order valence-corrected chi connectivity index (χ2v) is 3.64. The van der Waals surface area contributed by atoms with Crippen LogP contribution in [0, 0.1) is 6.92 Å². The molecular weight excluding hydrogens is 222 g/mol. The molecule has 1 atom stereocenters. The molecule has 0 bridgehead atoms. The van der Waals surface area contributed by atoms with Crippen LogP contribution in [0.3, 0.4) is 0 Å². The van der Waals surface area contributed by atoms with Crippen molar-refractivity contribution in [3.05, 3.63) is 29.7 Å². The fourth-order valence-corrected chi connectivity index (χ4v) is 1.23. The lowest BCUT2D eigenvalue weighted by Gasteiger charge is -2.08. The summed E-state index contributed by atoms with van der Waals surface area (Å²) in [6.45, 7) is 2.19. The topological polar surface area (TPSA) is 71.7 Å². The molecule has 1 amide bonds. The van der Waals surface area contributed by atoms with E-state index in [4.69, 9.17) is 9.15 Å². The molecule has 0 aromatic carbocycles. The van der Waals surface area contributed by atoms with Crippen LogP contribution in [0.4, 0.5) is 0 Å². The highest BCUT2D eigenvalue weighted by molar-refractivity contribution is 5.91. The Bertz CT molecular complexity index is 384. The van der Waals surface area contributed by atoms with Crippen LogP contribution in [-0.2, 0) is 9.53 Å². The van der Waals surface area contributed by atoms with Crippen molar-refractivity contribution in [3.8, 4) is 0 Å². The number of furan rings is 1. The van der Waals surface area contributed by atoms with Gasteiger partial charge in [-0.2, -0.15) is 0 Å². The number of nitrogens with one attached hydrogen (secondary N) is 1. The number of carbonyl (C=O) groups excluding carboxylic acids is 1. The molecule has 1 aromatic rings. The third-order valence-corrected chi connectivity index (χ3v) is 2.03. The molecule has 1 aromatic heterocycles. The first kappa shape index (κ1) is 13.5. The fourth-order valence-electron chi connectivity index (χ4n) is 1.23. The maximum Gasteiger partial charge on any atom is 0.244 e. The van der Waals surface area contributed by atoms with Crippen LogP contribution in [0.15, 0.2) is 22.6 Å². The van der Waals surface area contributed by atoms with Gasteiger partial charge in [-0.05, 0) is 25.1 Å². The number of hydrogen-bond donors (Lipinski definition) is 2. The van der Waals surface area contributed by atoms with Crippen molar-refractivity contribution in [2.45, 2.75) is 13.0 Å². The molecule has 0 aliphatic carbocycles. The van der Waals surface area contributed by atoms with Gasteiger partial charge in [0, 0.05) is 19.7 Å². The Morgan fingerprint density at radius 2 is 2.41 bits per heavy atom. The van der Waals surface area contributed by atoms with E-state index in [0.29, 0.717) is 5.76 Å². The van der Waals surface area contributed by atoms with Gasteiger partial charge in [-0.1, -0.05) is 0 Å². The molecular formula is C12H17NO4. The number of methoxy groups -OCH3 is 1. The Kier molecular flexibility index (Phi) is 5.45. The number of aryl methyl sites for hydroxylation is 1. The number of amides is 1. The summed E-state index contributed by atoms with van der Waals surface area (Å²) in [7, 11) is 1.49. The van der Waals surface area contributed by atoms with E-state index < -0.39 is 6.10 Å². The van der Waals surface area contributed by atoms with Gasteiger partial charge in [0.25, 0.3) is 0 Å². The smallest absolute Gasteiger partial charge is 0.244 e. The van der Waals surface area contributed by atoms with E-state index in [1.165, 1.54) is 13.2 Å². The lowest BCUT2D eigenvalue weighted by molar-refractivity contribution is -0.117. The highest BCUT2D eigenvalue weighted by atomic mass is 16.5. The molecule has 0 aliphatic heterocycles. The van der Waals surface area contributed by atoms with Crippen LogP contribution in [0.25, 0.3) is 6.08 Å². The molecule has 0 spiro atoms. The lowest BCUT2D eigenvalue weighted by Crippen LogP contribution is -2.33. The molecule has 1 unspecified atom stereocenters. The molecule has 0 saturated carbocycles. The van der Waals surface area contributed by atoms with Crippen LogP contribution in [-0.4, -0.2) is 37.4 Å². The summed E-state index contributed by atoms with van der Waals surface area (Å²) in [4.78, 5) is 11.3. The van der Waals surface area contributed by atoms with Gasteiger partial charge in [0.1, 0.15) is 11.5 Å². The first-order valence-corrected chi connectivity index (χ1v) is 5.31. The van der Waals surface area contributed by atoms with Gasteiger partial charge in [0.15, 0.2) is 0 Å². The van der Waals surface area contributed by atoms with Crippen molar-refractivity contribution >= 4 is 12.0 Å². The molecule has 1 heterocycles. The zero-order valence-electron chi connectivity index (χ0n) is 9.97. The Morgan fingerprint density at radius 3 is 3.00 bits per heavy atom. The fraction of sp³-hybridized carbons (Fsp3) is 0.417. The van der Waals surface area contributed by atoms with Crippen LogP contribution < -0.4 is 5.32 Å². The van der Waals surface area contributed by atoms with E-state index in [-0.39, 0.29) is 19.1 Å². The van der Waals surface area contributed by atoms with Gasteiger partial charge in [0.05, 0.1) is 12.7 Å². The van der Waals surface area contributed by atoms with E-state index in [2.05, 4.69) is 5.32 Å². The van der Waals surface area contributed by atoms with Gasteiger partial charge >= 0.3 is 0 Å². The summed E-state index contributed by atoms with van der Waals surface area (Å²) >= 11 is 0. The highest BCUT2D eigenvalue weighted by Crippen LogP contribution is 2.07. The number of aliphatic hydroxyl groups excluding tert-OH is 1. The van der Waals surface area contributed by atoms with E-state index in [0.717, 1.165) is 5.76 Å². The molecule has 5 nitrogen and oxygen atoms in total. The predicted molar refractivity (Wildman–Crippen MR) is 63.4 cm³/mol. The minimum Gasteiger partial charge on any atom is -0.462 e. The quantitative estimate of drug-likeness (QED) is 0.718. The highest BCUT2D eigenvalue weighted by Gasteiger charge is 2.04. The maximum absolute atomic E-state index is 11.3. The minimum atomic E-state index is -0.691. The number of rotatable bonds is 6. The average molecular weight is 239 g/mol. The van der Waals surface area contributed by atoms with Crippen LogP contribution in [0.5, 0.6) is 0 Å². The molecule has 2 N–H and O–H groups in total. The standard InChI is InChI=1S/C12H17NO4/c1-9-3-4-11(17-9)5-6-12(15)13-7-10(14)8-16-2/h3-6,10,14H,7-8H2,1-2H3,(H,13,15)/b6-5+. The summed E-state index contributed by atoms with van der Waals surface area (Å²) in [5.41, 5.74) is 0. The van der Waals surface area contributed by atoms with Crippen molar-refractivity contribution < 1.29 is 19.1 Å². The Hall–Kier alpha value is -1.59. The van der Waals surface area contributed by atoms with Gasteiger partial charge in [-0.3, -0.25) is 4.79 Å². The monoisotopic (exact) mass is 239 g/mol. The first-order chi connectivity index (χ1) is 8.11. The van der Waals surface area contributed by atoms with Crippen LogP contribution >= 0.6 is 0 Å². The third-order valence-electron chi connectivity index (χ3n) is 2.03. The second kappa shape index (κ2) is 6.88. The zero-order chi connectivity index (χ0) is 12.7. The Balaban J connectivity index is 2.32. The van der Waals surface area contributed by atoms with Crippen LogP contribution in [0.1, 0.15) is 11.5 Å². The van der Waals surface area contributed by atoms with Crippen molar-refractivity contribution in [1.82, 2.24) is 5.32 Å². The number of hydrogen-bond acceptors (Lipinski definition) is 4. The molecule has 0 radical (unpaired) electrons. The summed E-state index contributed by atoms with van der Waals surface area (Å²) in [5, 5.41) is 11.9. The van der Waals surface area contributed by atoms with Gasteiger partial charge < -0.3 is 19.6 Å². The van der Waals surface area contributed by atoms with E-state index in [1.54, 1.807) is 12.1 Å². The normalized spacial score (nSPS) is 12.9. The molecule has 0 aliphatic rings. The molecule has 17 heavy (non-hydrogen) atoms. The number of aliphatic hydroxyl groups is 1. The summed E-state index contributed by atoms with van der Waals surface area (Å²) in [5.74, 6) is 1.13. The average Bonchev–Trinajstić information content (AvgIpc) is 2.70. The Morgan fingerprint density at radius 1 is 1.65 bits per heavy atom. The molecule has 5 heteroatoms. The van der Waals surface area contributed by atoms with E-state index >= 15 is 0 Å². The molecule has 94 valence electrons. The largest absolute Gasteiger partial charge is 0.462 e.